The third kappa shape index (κ3) is 4.97. The second-order valence-corrected chi connectivity index (χ2v) is 6.59. The fourth-order valence-electron chi connectivity index (χ4n) is 2.63. The Morgan fingerprint density at radius 3 is 2.70 bits per heavy atom. The number of benzene rings is 1. The molecule has 1 aromatic carbocycles. The molecule has 3 rings (SSSR count). The number of hydrogen-bond donors (Lipinski definition) is 2. The minimum absolute atomic E-state index is 0.0464. The van der Waals surface area contributed by atoms with Gasteiger partial charge in [-0.05, 0) is 31.9 Å². The number of carbonyl (C=O) groups excluding carboxylic acids is 1. The van der Waals surface area contributed by atoms with Crippen LogP contribution in [0.15, 0.2) is 30.6 Å². The fraction of sp³-hybridized carbons (Fsp3) is 0.368. The van der Waals surface area contributed by atoms with Gasteiger partial charge in [-0.1, -0.05) is 6.07 Å². The van der Waals surface area contributed by atoms with Crippen molar-refractivity contribution in [2.24, 2.45) is 5.92 Å². The van der Waals surface area contributed by atoms with Crippen molar-refractivity contribution in [2.45, 2.75) is 38.7 Å². The zero-order chi connectivity index (χ0) is 19.4. The highest BCUT2D eigenvalue weighted by atomic mass is 19.3. The predicted molar refractivity (Wildman–Crippen MR) is 97.2 cm³/mol. The first-order valence-electron chi connectivity index (χ1n) is 8.68. The van der Waals surface area contributed by atoms with E-state index in [9.17, 15) is 18.8 Å². The van der Waals surface area contributed by atoms with E-state index < -0.39 is 12.5 Å². The zero-order valence-corrected chi connectivity index (χ0v) is 14.7. The maximum atomic E-state index is 12.5. The summed E-state index contributed by atoms with van der Waals surface area (Å²) in [6, 6.07) is 6.57. The van der Waals surface area contributed by atoms with Gasteiger partial charge in [0.05, 0.1) is 29.3 Å². The number of halogens is 2. The highest BCUT2D eigenvalue weighted by Crippen LogP contribution is 2.30. The molecule has 0 spiro atoms. The Labute approximate surface area is 155 Å². The lowest BCUT2D eigenvalue weighted by molar-refractivity contribution is -0.117. The Morgan fingerprint density at radius 1 is 1.33 bits per heavy atom. The zero-order valence-electron chi connectivity index (χ0n) is 14.7. The van der Waals surface area contributed by atoms with Crippen LogP contribution in [0.5, 0.6) is 0 Å². The largest absolute Gasteiger partial charge is 0.381 e. The van der Waals surface area contributed by atoms with Crippen molar-refractivity contribution in [1.29, 1.82) is 5.26 Å². The number of anilines is 2. The molecule has 140 valence electrons. The summed E-state index contributed by atoms with van der Waals surface area (Å²) in [5.41, 5.74) is 2.07. The third-order valence-corrected chi connectivity index (χ3v) is 4.22. The predicted octanol–water partition coefficient (Wildman–Crippen LogP) is 3.82. The highest BCUT2D eigenvalue weighted by Gasteiger charge is 2.29. The van der Waals surface area contributed by atoms with Gasteiger partial charge in [0.2, 0.25) is 12.3 Å². The number of hydrogen-bond acceptors (Lipinski definition) is 5. The maximum Gasteiger partial charge on any atom is 0.240 e. The molecule has 1 heterocycles. The molecule has 0 bridgehead atoms. The SMILES string of the molecule is CC(CC(F)F)Nc1cc(-c2cnc(NC(=O)C3CC3)cn2)ccc1C#N. The van der Waals surface area contributed by atoms with E-state index in [0.29, 0.717) is 28.3 Å². The normalized spacial score (nSPS) is 14.5. The molecule has 1 aliphatic carbocycles. The van der Waals surface area contributed by atoms with Gasteiger partial charge in [0.15, 0.2) is 5.82 Å². The number of nitrogens with one attached hydrogen (secondary N) is 2. The molecule has 2 N–H and O–H groups in total. The number of amides is 1. The first kappa shape index (κ1) is 18.7. The third-order valence-electron chi connectivity index (χ3n) is 4.22. The molecule has 1 atom stereocenters. The molecule has 0 saturated heterocycles. The summed E-state index contributed by atoms with van der Waals surface area (Å²) in [6.45, 7) is 1.64. The van der Waals surface area contributed by atoms with E-state index in [2.05, 4.69) is 20.6 Å². The average molecular weight is 371 g/mol. The second kappa shape index (κ2) is 8.08. The van der Waals surface area contributed by atoms with Crippen molar-refractivity contribution >= 4 is 17.4 Å². The smallest absolute Gasteiger partial charge is 0.240 e. The van der Waals surface area contributed by atoms with Crippen LogP contribution in [-0.2, 0) is 4.79 Å². The Balaban J connectivity index is 1.76. The Kier molecular flexibility index (Phi) is 5.60. The number of nitrogens with zero attached hydrogens (tertiary/aromatic N) is 3. The van der Waals surface area contributed by atoms with E-state index in [1.165, 1.54) is 12.4 Å². The van der Waals surface area contributed by atoms with E-state index in [-0.39, 0.29) is 18.2 Å². The van der Waals surface area contributed by atoms with Crippen LogP contribution in [0.3, 0.4) is 0 Å². The van der Waals surface area contributed by atoms with Crippen molar-refractivity contribution in [3.63, 3.8) is 0 Å². The molecule has 1 aromatic heterocycles. The van der Waals surface area contributed by atoms with E-state index >= 15 is 0 Å². The summed E-state index contributed by atoms with van der Waals surface area (Å²) < 4.78 is 25.1. The number of carbonyl (C=O) groups is 1. The standard InChI is InChI=1S/C19H19F2N5O/c1-11(6-17(20)21)25-15-7-13(4-5-14(15)8-22)16-9-24-18(10-23-16)26-19(27)12-2-3-12/h4-5,7,9-12,17,25H,2-3,6H2,1H3,(H,24,26,27). The van der Waals surface area contributed by atoms with Gasteiger partial charge >= 0.3 is 0 Å². The molecule has 1 aliphatic rings. The molecule has 8 heteroatoms. The van der Waals surface area contributed by atoms with Gasteiger partial charge in [0.25, 0.3) is 0 Å². The van der Waals surface area contributed by atoms with Gasteiger partial charge in [-0.2, -0.15) is 5.26 Å². The van der Waals surface area contributed by atoms with Crippen molar-refractivity contribution in [3.8, 4) is 17.3 Å². The molecule has 1 fully saturated rings. The van der Waals surface area contributed by atoms with Crippen LogP contribution in [0, 0.1) is 17.2 Å². The van der Waals surface area contributed by atoms with Gasteiger partial charge in [-0.25, -0.2) is 13.8 Å². The number of nitriles is 1. The van der Waals surface area contributed by atoms with Crippen LogP contribution in [0.1, 0.15) is 31.7 Å². The number of aromatic nitrogens is 2. The van der Waals surface area contributed by atoms with Gasteiger partial charge in [-0.15, -0.1) is 0 Å². The lowest BCUT2D eigenvalue weighted by Gasteiger charge is -2.16. The van der Waals surface area contributed by atoms with Crippen LogP contribution in [0.25, 0.3) is 11.3 Å². The Hall–Kier alpha value is -3.08. The first-order chi connectivity index (χ1) is 13.0. The molecule has 1 amide bonds. The lowest BCUT2D eigenvalue weighted by Crippen LogP contribution is -2.19. The van der Waals surface area contributed by atoms with Crippen LogP contribution in [-0.4, -0.2) is 28.3 Å². The van der Waals surface area contributed by atoms with Crippen molar-refractivity contribution in [2.75, 3.05) is 10.6 Å². The van der Waals surface area contributed by atoms with Gasteiger partial charge in [0, 0.05) is 23.9 Å². The summed E-state index contributed by atoms with van der Waals surface area (Å²) in [5, 5.41) is 14.9. The number of rotatable bonds is 7. The minimum Gasteiger partial charge on any atom is -0.381 e. The number of alkyl halides is 2. The molecule has 0 aliphatic heterocycles. The second-order valence-electron chi connectivity index (χ2n) is 6.59. The first-order valence-corrected chi connectivity index (χ1v) is 8.68. The summed E-state index contributed by atoms with van der Waals surface area (Å²) in [7, 11) is 0. The Morgan fingerprint density at radius 2 is 2.11 bits per heavy atom. The molecular formula is C19H19F2N5O. The molecule has 1 unspecified atom stereocenters. The lowest BCUT2D eigenvalue weighted by atomic mass is 10.1. The van der Waals surface area contributed by atoms with Crippen LogP contribution >= 0.6 is 0 Å². The van der Waals surface area contributed by atoms with Crippen molar-refractivity contribution < 1.29 is 13.6 Å². The summed E-state index contributed by atoms with van der Waals surface area (Å²) >= 11 is 0. The van der Waals surface area contributed by atoms with E-state index in [0.717, 1.165) is 12.8 Å². The molecular weight excluding hydrogens is 352 g/mol. The highest BCUT2D eigenvalue weighted by molar-refractivity contribution is 5.93. The van der Waals surface area contributed by atoms with Gasteiger partial charge in [-0.3, -0.25) is 9.78 Å². The van der Waals surface area contributed by atoms with E-state index in [1.807, 2.05) is 6.07 Å². The summed E-state index contributed by atoms with van der Waals surface area (Å²) in [5.74, 6) is 0.414. The summed E-state index contributed by atoms with van der Waals surface area (Å²) in [4.78, 5) is 20.2. The summed E-state index contributed by atoms with van der Waals surface area (Å²) in [6.07, 6.45) is 2.07. The fourth-order valence-corrected chi connectivity index (χ4v) is 2.63. The monoisotopic (exact) mass is 371 g/mol. The van der Waals surface area contributed by atoms with Crippen LogP contribution in [0.2, 0.25) is 0 Å². The maximum absolute atomic E-state index is 12.5. The molecule has 27 heavy (non-hydrogen) atoms. The molecule has 6 nitrogen and oxygen atoms in total. The van der Waals surface area contributed by atoms with Crippen LogP contribution in [0.4, 0.5) is 20.3 Å². The minimum atomic E-state index is -2.43. The average Bonchev–Trinajstić information content (AvgIpc) is 3.47. The van der Waals surface area contributed by atoms with Crippen molar-refractivity contribution in [3.05, 3.63) is 36.2 Å². The molecule has 2 aromatic rings. The van der Waals surface area contributed by atoms with E-state index in [4.69, 9.17) is 0 Å². The van der Waals surface area contributed by atoms with Crippen LogP contribution < -0.4 is 10.6 Å². The quantitative estimate of drug-likeness (QED) is 0.772. The topological polar surface area (TPSA) is 90.7 Å². The Bertz CT molecular complexity index is 859. The molecule has 0 radical (unpaired) electrons. The van der Waals surface area contributed by atoms with Crippen molar-refractivity contribution in [1.82, 2.24) is 9.97 Å². The van der Waals surface area contributed by atoms with E-state index in [1.54, 1.807) is 25.1 Å². The van der Waals surface area contributed by atoms with Gasteiger partial charge < -0.3 is 10.6 Å². The van der Waals surface area contributed by atoms with Gasteiger partial charge in [0.1, 0.15) is 6.07 Å². The molecule has 1 saturated carbocycles.